The van der Waals surface area contributed by atoms with Gasteiger partial charge in [-0.3, -0.25) is 0 Å². The maximum atomic E-state index is 5.18. The van der Waals surface area contributed by atoms with Crippen molar-refractivity contribution in [1.29, 1.82) is 0 Å². The maximum Gasteiger partial charge on any atom is 0.216 e. The molecular weight excluding hydrogens is 262 g/mol. The molecule has 4 heteroatoms. The number of likely N-dealkylation sites (N-methyl/N-ethyl adjacent to an activating group) is 1. The van der Waals surface area contributed by atoms with Crippen molar-refractivity contribution in [3.8, 4) is 5.88 Å². The van der Waals surface area contributed by atoms with Gasteiger partial charge in [-0.05, 0) is 25.3 Å². The lowest BCUT2D eigenvalue weighted by Gasteiger charge is -2.24. The molecule has 1 aliphatic rings. The van der Waals surface area contributed by atoms with E-state index in [0.717, 1.165) is 24.6 Å². The van der Waals surface area contributed by atoms with Crippen molar-refractivity contribution in [3.05, 3.63) is 18.1 Å². The summed E-state index contributed by atoms with van der Waals surface area (Å²) in [5.41, 5.74) is 1.07. The molecule has 1 aliphatic carbocycles. The molecule has 1 heterocycles. The van der Waals surface area contributed by atoms with Crippen molar-refractivity contribution in [3.63, 3.8) is 0 Å². The van der Waals surface area contributed by atoms with Gasteiger partial charge >= 0.3 is 0 Å². The third kappa shape index (κ3) is 5.62. The van der Waals surface area contributed by atoms with Crippen molar-refractivity contribution < 1.29 is 4.74 Å². The van der Waals surface area contributed by atoms with Crippen LogP contribution in [0.25, 0.3) is 0 Å². The van der Waals surface area contributed by atoms with E-state index in [1.807, 2.05) is 6.07 Å². The van der Waals surface area contributed by atoms with E-state index >= 15 is 0 Å². The molecule has 4 nitrogen and oxygen atoms in total. The molecule has 118 valence electrons. The zero-order chi connectivity index (χ0) is 14.9. The summed E-state index contributed by atoms with van der Waals surface area (Å²) in [7, 11) is 1.65. The van der Waals surface area contributed by atoms with Crippen LogP contribution in [0.15, 0.2) is 12.4 Å². The third-order valence-corrected chi connectivity index (χ3v) is 4.50. The van der Waals surface area contributed by atoms with Gasteiger partial charge in [0.1, 0.15) is 6.33 Å². The molecule has 0 bridgehead atoms. The van der Waals surface area contributed by atoms with Crippen LogP contribution < -0.4 is 10.1 Å². The Labute approximate surface area is 128 Å². The first kappa shape index (κ1) is 16.2. The maximum absolute atomic E-state index is 5.18. The zero-order valence-electron chi connectivity index (χ0n) is 13.5. The lowest BCUT2D eigenvalue weighted by molar-refractivity contribution is 0.312. The van der Waals surface area contributed by atoms with Gasteiger partial charge in [-0.2, -0.15) is 0 Å². The Morgan fingerprint density at radius 1 is 1.29 bits per heavy atom. The van der Waals surface area contributed by atoms with Crippen LogP contribution >= 0.6 is 0 Å². The quantitative estimate of drug-likeness (QED) is 0.798. The van der Waals surface area contributed by atoms with Crippen LogP contribution in [-0.4, -0.2) is 29.7 Å². The van der Waals surface area contributed by atoms with Gasteiger partial charge in [0, 0.05) is 24.2 Å². The van der Waals surface area contributed by atoms with Gasteiger partial charge in [0.05, 0.1) is 7.11 Å². The number of hydrogen-bond donors (Lipinski definition) is 1. The van der Waals surface area contributed by atoms with Crippen molar-refractivity contribution in [2.75, 3.05) is 13.7 Å². The van der Waals surface area contributed by atoms with Crippen LogP contribution in [-0.2, 0) is 6.42 Å². The second-order valence-corrected chi connectivity index (χ2v) is 6.09. The highest BCUT2D eigenvalue weighted by atomic mass is 16.5. The summed E-state index contributed by atoms with van der Waals surface area (Å²) in [6.07, 6.45) is 12.3. The second-order valence-electron chi connectivity index (χ2n) is 6.09. The smallest absolute Gasteiger partial charge is 0.216 e. The van der Waals surface area contributed by atoms with Crippen LogP contribution in [0.3, 0.4) is 0 Å². The Hall–Kier alpha value is -1.16. The molecule has 1 unspecified atom stereocenters. The van der Waals surface area contributed by atoms with E-state index in [1.165, 1.54) is 44.9 Å². The molecule has 1 saturated carbocycles. The molecule has 0 spiro atoms. The molecular formula is C17H29N3O. The highest BCUT2D eigenvalue weighted by Gasteiger charge is 2.16. The molecule has 0 aliphatic heterocycles. The number of nitrogens with zero attached hydrogens (tertiary/aromatic N) is 2. The predicted octanol–water partition coefficient (Wildman–Crippen LogP) is 3.37. The minimum atomic E-state index is 0.511. The van der Waals surface area contributed by atoms with Crippen LogP contribution in [0.1, 0.15) is 57.6 Å². The molecule has 2 rings (SSSR count). The van der Waals surface area contributed by atoms with Crippen molar-refractivity contribution in [2.45, 2.75) is 64.3 Å². The first-order valence-electron chi connectivity index (χ1n) is 8.40. The number of ether oxygens (including phenoxy) is 1. The Morgan fingerprint density at radius 3 is 2.81 bits per heavy atom. The van der Waals surface area contributed by atoms with Crippen LogP contribution in [0.2, 0.25) is 0 Å². The first-order valence-corrected chi connectivity index (χ1v) is 8.40. The summed E-state index contributed by atoms with van der Waals surface area (Å²) in [6.45, 7) is 3.19. The van der Waals surface area contributed by atoms with Gasteiger partial charge in [0.15, 0.2) is 0 Å². The number of rotatable bonds is 8. The highest BCUT2D eigenvalue weighted by Crippen LogP contribution is 2.28. The van der Waals surface area contributed by atoms with E-state index in [9.17, 15) is 0 Å². The molecule has 1 aromatic rings. The SMILES string of the molecule is CCNC(CCC1CCCCC1)Cc1cc(OC)ncn1. The van der Waals surface area contributed by atoms with E-state index in [1.54, 1.807) is 13.4 Å². The Morgan fingerprint density at radius 2 is 2.10 bits per heavy atom. The van der Waals surface area contributed by atoms with E-state index in [4.69, 9.17) is 4.74 Å². The minimum absolute atomic E-state index is 0.511. The van der Waals surface area contributed by atoms with E-state index in [2.05, 4.69) is 22.2 Å². The van der Waals surface area contributed by atoms with Gasteiger partial charge in [-0.1, -0.05) is 39.0 Å². The van der Waals surface area contributed by atoms with Gasteiger partial charge in [0.2, 0.25) is 5.88 Å². The fourth-order valence-electron chi connectivity index (χ4n) is 3.33. The fraction of sp³-hybridized carbons (Fsp3) is 0.765. The summed E-state index contributed by atoms with van der Waals surface area (Å²) in [4.78, 5) is 8.45. The lowest BCUT2D eigenvalue weighted by Crippen LogP contribution is -2.32. The Bertz CT molecular complexity index is 405. The lowest BCUT2D eigenvalue weighted by atomic mass is 9.85. The summed E-state index contributed by atoms with van der Waals surface area (Å²) in [5.74, 6) is 1.60. The van der Waals surface area contributed by atoms with Crippen LogP contribution in [0.5, 0.6) is 5.88 Å². The first-order chi connectivity index (χ1) is 10.3. The van der Waals surface area contributed by atoms with Gasteiger partial charge < -0.3 is 10.1 Å². The topological polar surface area (TPSA) is 47.0 Å². The fourth-order valence-corrected chi connectivity index (χ4v) is 3.33. The molecule has 21 heavy (non-hydrogen) atoms. The second kappa shape index (κ2) is 8.98. The van der Waals surface area contributed by atoms with E-state index < -0.39 is 0 Å². The number of aromatic nitrogens is 2. The van der Waals surface area contributed by atoms with Crippen molar-refractivity contribution in [1.82, 2.24) is 15.3 Å². The molecule has 1 fully saturated rings. The Kier molecular flexibility index (Phi) is 6.93. The van der Waals surface area contributed by atoms with E-state index in [0.29, 0.717) is 11.9 Å². The number of methoxy groups -OCH3 is 1. The summed E-state index contributed by atoms with van der Waals surface area (Å²) in [5, 5.41) is 3.61. The molecule has 0 amide bonds. The molecule has 1 atom stereocenters. The Balaban J connectivity index is 1.85. The van der Waals surface area contributed by atoms with E-state index in [-0.39, 0.29) is 0 Å². The summed E-state index contributed by atoms with van der Waals surface area (Å²) >= 11 is 0. The van der Waals surface area contributed by atoms with Gasteiger partial charge in [0.25, 0.3) is 0 Å². The molecule has 0 radical (unpaired) electrons. The number of hydrogen-bond acceptors (Lipinski definition) is 4. The van der Waals surface area contributed by atoms with Crippen LogP contribution in [0.4, 0.5) is 0 Å². The van der Waals surface area contributed by atoms with Crippen LogP contribution in [0, 0.1) is 5.92 Å². The average molecular weight is 291 g/mol. The minimum Gasteiger partial charge on any atom is -0.481 e. The summed E-state index contributed by atoms with van der Waals surface area (Å²) in [6, 6.07) is 2.46. The largest absolute Gasteiger partial charge is 0.481 e. The van der Waals surface area contributed by atoms with Crippen molar-refractivity contribution in [2.24, 2.45) is 5.92 Å². The zero-order valence-corrected chi connectivity index (χ0v) is 13.5. The van der Waals surface area contributed by atoms with Gasteiger partial charge in [-0.15, -0.1) is 0 Å². The molecule has 0 aromatic carbocycles. The standard InChI is InChI=1S/C17H29N3O/c1-3-18-15(10-9-14-7-5-4-6-8-14)11-16-12-17(21-2)20-13-19-16/h12-15,18H,3-11H2,1-2H3. The van der Waals surface area contributed by atoms with Gasteiger partial charge in [-0.25, -0.2) is 9.97 Å². The average Bonchev–Trinajstić information content (AvgIpc) is 2.54. The van der Waals surface area contributed by atoms with Crippen molar-refractivity contribution >= 4 is 0 Å². The monoisotopic (exact) mass is 291 g/mol. The predicted molar refractivity (Wildman–Crippen MR) is 85.6 cm³/mol. The number of nitrogens with one attached hydrogen (secondary N) is 1. The normalized spacial score (nSPS) is 17.6. The highest BCUT2D eigenvalue weighted by molar-refractivity contribution is 5.14. The third-order valence-electron chi connectivity index (χ3n) is 4.50. The molecule has 1 aromatic heterocycles. The molecule has 0 saturated heterocycles. The summed E-state index contributed by atoms with van der Waals surface area (Å²) < 4.78 is 5.18. The molecule has 1 N–H and O–H groups in total.